The molecule has 6 nitrogen and oxygen atoms in total. The van der Waals surface area contributed by atoms with Gasteiger partial charge in [-0.2, -0.15) is 0 Å². The van der Waals surface area contributed by atoms with Crippen molar-refractivity contribution in [3.8, 4) is 0 Å². The van der Waals surface area contributed by atoms with Crippen molar-refractivity contribution in [3.63, 3.8) is 0 Å². The van der Waals surface area contributed by atoms with Crippen LogP contribution in [0.4, 0.5) is 0 Å². The lowest BCUT2D eigenvalue weighted by atomic mass is 10.1. The molecule has 0 aliphatic rings. The predicted molar refractivity (Wildman–Crippen MR) is 72.7 cm³/mol. The number of aromatic amines is 1. The van der Waals surface area contributed by atoms with Crippen LogP contribution in [0.3, 0.4) is 0 Å². The lowest BCUT2D eigenvalue weighted by Gasteiger charge is -2.02. The van der Waals surface area contributed by atoms with Gasteiger partial charge in [0.2, 0.25) is 0 Å². The van der Waals surface area contributed by atoms with Gasteiger partial charge in [0.15, 0.2) is 11.5 Å². The van der Waals surface area contributed by atoms with E-state index in [1.165, 1.54) is 14.0 Å². The summed E-state index contributed by atoms with van der Waals surface area (Å²) in [7, 11) is 1.28. The summed E-state index contributed by atoms with van der Waals surface area (Å²) in [6.45, 7) is 1.42. The fourth-order valence-electron chi connectivity index (χ4n) is 2.25. The number of ether oxygens (including phenoxy) is 1. The van der Waals surface area contributed by atoms with Gasteiger partial charge in [0, 0.05) is 23.2 Å². The number of para-hydroxylation sites is 1. The van der Waals surface area contributed by atoms with Crippen LogP contribution in [0.2, 0.25) is 0 Å². The largest absolute Gasteiger partial charge is 0.464 e. The van der Waals surface area contributed by atoms with Gasteiger partial charge in [-0.3, -0.25) is 4.79 Å². The van der Waals surface area contributed by atoms with Gasteiger partial charge in [0.05, 0.1) is 12.6 Å². The van der Waals surface area contributed by atoms with Crippen LogP contribution in [-0.4, -0.2) is 34.0 Å². The highest BCUT2D eigenvalue weighted by molar-refractivity contribution is 6.19. The van der Waals surface area contributed by atoms with Crippen molar-refractivity contribution in [1.82, 2.24) is 15.2 Å². The van der Waals surface area contributed by atoms with Crippen LogP contribution in [-0.2, 0) is 4.74 Å². The van der Waals surface area contributed by atoms with Crippen LogP contribution >= 0.6 is 0 Å². The average molecular weight is 269 g/mol. The van der Waals surface area contributed by atoms with Gasteiger partial charge in [-0.25, -0.2) is 4.79 Å². The van der Waals surface area contributed by atoms with E-state index in [0.29, 0.717) is 10.9 Å². The highest BCUT2D eigenvalue weighted by atomic mass is 16.5. The number of aromatic nitrogens is 3. The molecule has 0 aliphatic carbocycles. The number of H-pyrrole nitrogens is 1. The third-order valence-electron chi connectivity index (χ3n) is 3.14. The molecule has 0 bridgehead atoms. The number of rotatable bonds is 2. The zero-order chi connectivity index (χ0) is 14.3. The lowest BCUT2D eigenvalue weighted by Crippen LogP contribution is -2.10. The van der Waals surface area contributed by atoms with E-state index in [1.807, 2.05) is 24.3 Å². The van der Waals surface area contributed by atoms with Crippen molar-refractivity contribution in [2.24, 2.45) is 0 Å². The number of nitrogens with zero attached hydrogens (tertiary/aromatic N) is 2. The van der Waals surface area contributed by atoms with Gasteiger partial charge in [0.1, 0.15) is 5.69 Å². The second kappa shape index (κ2) is 4.41. The van der Waals surface area contributed by atoms with E-state index < -0.39 is 5.97 Å². The Morgan fingerprint density at radius 1 is 1.15 bits per heavy atom. The summed E-state index contributed by atoms with van der Waals surface area (Å²) in [6.07, 6.45) is 0. The molecule has 6 heteroatoms. The van der Waals surface area contributed by atoms with Crippen molar-refractivity contribution >= 4 is 33.6 Å². The maximum atomic E-state index is 11.8. The lowest BCUT2D eigenvalue weighted by molar-refractivity contribution is 0.0594. The van der Waals surface area contributed by atoms with Crippen molar-refractivity contribution in [3.05, 3.63) is 35.7 Å². The number of carbonyl (C=O) groups is 2. The predicted octanol–water partition coefficient (Wildman–Crippen LogP) is 2.10. The van der Waals surface area contributed by atoms with Crippen molar-refractivity contribution in [1.29, 1.82) is 0 Å². The first-order chi connectivity index (χ1) is 9.63. The number of nitrogens with one attached hydrogen (secondary N) is 1. The maximum Gasteiger partial charge on any atom is 0.360 e. The van der Waals surface area contributed by atoms with Crippen LogP contribution in [0.25, 0.3) is 21.8 Å². The van der Waals surface area contributed by atoms with Crippen LogP contribution in [0.5, 0.6) is 0 Å². The van der Waals surface area contributed by atoms with Crippen molar-refractivity contribution in [2.75, 3.05) is 7.11 Å². The van der Waals surface area contributed by atoms with Crippen LogP contribution in [0.15, 0.2) is 24.3 Å². The van der Waals surface area contributed by atoms with E-state index in [0.717, 1.165) is 10.9 Å². The second-order valence-corrected chi connectivity index (χ2v) is 4.37. The van der Waals surface area contributed by atoms with Gasteiger partial charge < -0.3 is 9.72 Å². The third-order valence-corrected chi connectivity index (χ3v) is 3.14. The molecule has 2 heterocycles. The molecule has 0 aliphatic heterocycles. The van der Waals surface area contributed by atoms with E-state index in [-0.39, 0.29) is 17.2 Å². The molecule has 0 amide bonds. The minimum Gasteiger partial charge on any atom is -0.464 e. The monoisotopic (exact) mass is 269 g/mol. The minimum absolute atomic E-state index is 0.0729. The topological polar surface area (TPSA) is 84.9 Å². The van der Waals surface area contributed by atoms with Gasteiger partial charge in [-0.05, 0) is 6.07 Å². The Bertz CT molecular complexity index is 851. The SMILES string of the molecule is COC(=O)c1nnc(C(C)=O)c2c1[nH]c1ccccc12. The average Bonchev–Trinajstić information content (AvgIpc) is 2.84. The maximum absolute atomic E-state index is 11.8. The highest BCUT2D eigenvalue weighted by Crippen LogP contribution is 2.29. The molecule has 2 aromatic heterocycles. The van der Waals surface area contributed by atoms with E-state index in [9.17, 15) is 9.59 Å². The van der Waals surface area contributed by atoms with Crippen LogP contribution < -0.4 is 0 Å². The standard InChI is InChI=1S/C14H11N3O3/c1-7(18)11-10-8-5-3-4-6-9(8)15-12(10)13(17-16-11)14(19)20-2/h3-6,15H,1-2H3. The quantitative estimate of drug-likeness (QED) is 0.568. The molecule has 100 valence electrons. The number of ketones is 1. The summed E-state index contributed by atoms with van der Waals surface area (Å²) in [5.74, 6) is -0.798. The van der Waals surface area contributed by atoms with E-state index in [4.69, 9.17) is 4.74 Å². The van der Waals surface area contributed by atoms with Crippen LogP contribution in [0, 0.1) is 0 Å². The molecule has 1 aromatic carbocycles. The summed E-state index contributed by atoms with van der Waals surface area (Å²) >= 11 is 0. The number of methoxy groups -OCH3 is 1. The second-order valence-electron chi connectivity index (χ2n) is 4.37. The summed E-state index contributed by atoms with van der Waals surface area (Å²) in [6, 6.07) is 7.45. The Hall–Kier alpha value is -2.76. The first-order valence-corrected chi connectivity index (χ1v) is 6.00. The fourth-order valence-corrected chi connectivity index (χ4v) is 2.25. The molecular weight excluding hydrogens is 258 g/mol. The highest BCUT2D eigenvalue weighted by Gasteiger charge is 2.21. The number of benzene rings is 1. The fraction of sp³-hybridized carbons (Fsp3) is 0.143. The Balaban J connectivity index is 2.51. The summed E-state index contributed by atoms with van der Waals surface area (Å²) in [4.78, 5) is 26.6. The summed E-state index contributed by atoms with van der Waals surface area (Å²) < 4.78 is 4.69. The van der Waals surface area contributed by atoms with Gasteiger partial charge >= 0.3 is 5.97 Å². The molecule has 3 rings (SSSR count). The molecule has 0 fully saturated rings. The normalized spacial score (nSPS) is 10.9. The van der Waals surface area contributed by atoms with E-state index in [1.54, 1.807) is 0 Å². The zero-order valence-electron chi connectivity index (χ0n) is 10.9. The molecule has 1 N–H and O–H groups in total. The van der Waals surface area contributed by atoms with E-state index >= 15 is 0 Å². The van der Waals surface area contributed by atoms with Crippen LogP contribution in [0.1, 0.15) is 27.9 Å². The van der Waals surface area contributed by atoms with Gasteiger partial charge in [-0.1, -0.05) is 18.2 Å². The number of hydrogen-bond acceptors (Lipinski definition) is 5. The van der Waals surface area contributed by atoms with Crippen molar-refractivity contribution in [2.45, 2.75) is 6.92 Å². The number of carbonyl (C=O) groups excluding carboxylic acids is 2. The molecule has 0 radical (unpaired) electrons. The Kier molecular flexibility index (Phi) is 2.71. The van der Waals surface area contributed by atoms with Gasteiger partial charge in [0.25, 0.3) is 0 Å². The molecule has 0 spiro atoms. The smallest absolute Gasteiger partial charge is 0.360 e. The number of fused-ring (bicyclic) bond motifs is 3. The molecule has 0 unspecified atom stereocenters. The number of hydrogen-bond donors (Lipinski definition) is 1. The summed E-state index contributed by atoms with van der Waals surface area (Å²) in [5, 5.41) is 9.12. The molecule has 3 aromatic rings. The Morgan fingerprint density at radius 3 is 2.55 bits per heavy atom. The Morgan fingerprint density at radius 2 is 1.85 bits per heavy atom. The Labute approximate surface area is 113 Å². The summed E-state index contributed by atoms with van der Waals surface area (Å²) in [5.41, 5.74) is 1.59. The molecule has 0 saturated heterocycles. The first-order valence-electron chi connectivity index (χ1n) is 6.00. The number of esters is 1. The molecule has 0 atom stereocenters. The molecular formula is C14H11N3O3. The number of Topliss-reactive ketones (excluding diaryl/α,β-unsaturated/α-hetero) is 1. The first kappa shape index (κ1) is 12.3. The third kappa shape index (κ3) is 1.65. The van der Waals surface area contributed by atoms with Crippen molar-refractivity contribution < 1.29 is 14.3 Å². The molecule has 0 saturated carbocycles. The zero-order valence-corrected chi connectivity index (χ0v) is 10.9. The minimum atomic E-state index is -0.593. The van der Waals surface area contributed by atoms with Gasteiger partial charge in [-0.15, -0.1) is 10.2 Å². The van der Waals surface area contributed by atoms with E-state index in [2.05, 4.69) is 15.2 Å². The molecule has 20 heavy (non-hydrogen) atoms.